The van der Waals surface area contributed by atoms with Gasteiger partial charge in [-0.3, -0.25) is 4.79 Å². The number of hydrogen-bond donors (Lipinski definition) is 1. The molecular formula is C18H20Cl3N3OS. The number of hydrogen-bond acceptors (Lipinski definition) is 4. The standard InChI is InChI=1S/C18H19Cl2N3OS.ClH/c19-14-2-1-11(7-15(14)20)17-22-16(10-25-17)18(24)23-5-3-12-8-21-9-13(12)4-6-23;/h1-2,7,10,12-13,21H,3-6,8-9H2;1H/t12-,13+;. The van der Waals surface area contributed by atoms with Crippen LogP contribution in [-0.4, -0.2) is 42.0 Å². The number of amides is 1. The van der Waals surface area contributed by atoms with E-state index in [0.29, 0.717) is 27.6 Å². The minimum atomic E-state index is 0. The van der Waals surface area contributed by atoms with E-state index in [4.69, 9.17) is 23.2 Å². The third kappa shape index (κ3) is 4.02. The molecule has 1 N–H and O–H groups in total. The number of thiazole rings is 1. The number of carbonyl (C=O) groups is 1. The molecule has 0 unspecified atom stereocenters. The molecule has 4 nitrogen and oxygen atoms in total. The maximum absolute atomic E-state index is 12.8. The summed E-state index contributed by atoms with van der Waals surface area (Å²) in [5.41, 5.74) is 1.41. The fourth-order valence-electron chi connectivity index (χ4n) is 3.72. The number of carbonyl (C=O) groups excluding carboxylic acids is 1. The molecule has 26 heavy (non-hydrogen) atoms. The fourth-order valence-corrected chi connectivity index (χ4v) is 4.81. The van der Waals surface area contributed by atoms with Crippen molar-refractivity contribution in [2.24, 2.45) is 11.8 Å². The average Bonchev–Trinajstić information content (AvgIpc) is 3.23. The van der Waals surface area contributed by atoms with Crippen molar-refractivity contribution in [3.63, 3.8) is 0 Å². The van der Waals surface area contributed by atoms with Crippen molar-refractivity contribution in [1.29, 1.82) is 0 Å². The lowest BCUT2D eigenvalue weighted by molar-refractivity contribution is 0.0753. The van der Waals surface area contributed by atoms with Crippen LogP contribution in [0, 0.1) is 11.8 Å². The average molecular weight is 433 g/mol. The molecule has 8 heteroatoms. The predicted octanol–water partition coefficient (Wildman–Crippen LogP) is 4.61. The van der Waals surface area contributed by atoms with Gasteiger partial charge in [0.1, 0.15) is 10.7 Å². The SMILES string of the molecule is Cl.O=C(c1csc(-c2ccc(Cl)c(Cl)c2)n1)N1CC[C@@H]2CNC[C@@H]2CC1. The van der Waals surface area contributed by atoms with Gasteiger partial charge < -0.3 is 10.2 Å². The number of likely N-dealkylation sites (tertiary alicyclic amines) is 1. The van der Waals surface area contributed by atoms with Gasteiger partial charge in [-0.25, -0.2) is 4.98 Å². The van der Waals surface area contributed by atoms with Gasteiger partial charge in [0.05, 0.1) is 10.0 Å². The molecule has 0 radical (unpaired) electrons. The van der Waals surface area contributed by atoms with Gasteiger partial charge in [-0.2, -0.15) is 0 Å². The van der Waals surface area contributed by atoms with E-state index in [1.807, 2.05) is 16.3 Å². The summed E-state index contributed by atoms with van der Waals surface area (Å²) in [6.45, 7) is 3.82. The van der Waals surface area contributed by atoms with Crippen LogP contribution in [0.15, 0.2) is 23.6 Å². The molecular weight excluding hydrogens is 413 g/mol. The van der Waals surface area contributed by atoms with Gasteiger partial charge in [0, 0.05) is 24.0 Å². The van der Waals surface area contributed by atoms with Crippen LogP contribution in [0.3, 0.4) is 0 Å². The van der Waals surface area contributed by atoms with Crippen molar-refractivity contribution in [3.8, 4) is 10.6 Å². The lowest BCUT2D eigenvalue weighted by Crippen LogP contribution is -2.33. The maximum atomic E-state index is 12.8. The lowest BCUT2D eigenvalue weighted by atomic mass is 9.92. The van der Waals surface area contributed by atoms with Gasteiger partial charge in [0.15, 0.2) is 0 Å². The molecule has 1 amide bonds. The molecule has 2 atom stereocenters. The summed E-state index contributed by atoms with van der Waals surface area (Å²) < 4.78 is 0. The van der Waals surface area contributed by atoms with Gasteiger partial charge in [0.25, 0.3) is 5.91 Å². The zero-order chi connectivity index (χ0) is 17.4. The second kappa shape index (κ2) is 8.44. The highest BCUT2D eigenvalue weighted by Crippen LogP contribution is 2.31. The molecule has 2 fully saturated rings. The highest BCUT2D eigenvalue weighted by atomic mass is 35.5. The van der Waals surface area contributed by atoms with Gasteiger partial charge in [0.2, 0.25) is 0 Å². The summed E-state index contributed by atoms with van der Waals surface area (Å²) in [6.07, 6.45) is 2.15. The van der Waals surface area contributed by atoms with E-state index in [1.54, 1.807) is 12.1 Å². The highest BCUT2D eigenvalue weighted by molar-refractivity contribution is 7.13. The lowest BCUT2D eigenvalue weighted by Gasteiger charge is -2.19. The topological polar surface area (TPSA) is 45.2 Å². The third-order valence-electron chi connectivity index (χ3n) is 5.20. The summed E-state index contributed by atoms with van der Waals surface area (Å²) >= 11 is 13.5. The number of aromatic nitrogens is 1. The van der Waals surface area contributed by atoms with Crippen LogP contribution in [0.1, 0.15) is 23.3 Å². The second-order valence-corrected chi connectivity index (χ2v) is 8.39. The second-order valence-electron chi connectivity index (χ2n) is 6.71. The summed E-state index contributed by atoms with van der Waals surface area (Å²) in [6, 6.07) is 5.42. The zero-order valence-electron chi connectivity index (χ0n) is 14.1. The molecule has 4 rings (SSSR count). The first-order valence-electron chi connectivity index (χ1n) is 8.53. The Morgan fingerprint density at radius 1 is 1.15 bits per heavy atom. The number of halogens is 3. The molecule has 3 heterocycles. The Morgan fingerprint density at radius 3 is 2.50 bits per heavy atom. The van der Waals surface area contributed by atoms with Crippen LogP contribution in [-0.2, 0) is 0 Å². The Bertz CT molecular complexity index is 784. The Morgan fingerprint density at radius 2 is 1.85 bits per heavy atom. The Labute approximate surface area is 173 Å². The first-order chi connectivity index (χ1) is 12.1. The van der Waals surface area contributed by atoms with Gasteiger partial charge in [-0.05, 0) is 49.9 Å². The molecule has 0 saturated carbocycles. The summed E-state index contributed by atoms with van der Waals surface area (Å²) in [4.78, 5) is 19.4. The van der Waals surface area contributed by atoms with E-state index in [1.165, 1.54) is 11.3 Å². The van der Waals surface area contributed by atoms with E-state index in [2.05, 4.69) is 10.3 Å². The molecule has 1 aromatic carbocycles. The first-order valence-corrected chi connectivity index (χ1v) is 10.2. The fraction of sp³-hybridized carbons (Fsp3) is 0.444. The van der Waals surface area contributed by atoms with E-state index in [9.17, 15) is 4.79 Å². The Hall–Kier alpha value is -0.850. The van der Waals surface area contributed by atoms with E-state index in [0.717, 1.165) is 49.6 Å². The molecule has 1 aromatic heterocycles. The summed E-state index contributed by atoms with van der Waals surface area (Å²) in [5, 5.41) is 7.11. The monoisotopic (exact) mass is 431 g/mol. The van der Waals surface area contributed by atoms with E-state index < -0.39 is 0 Å². The van der Waals surface area contributed by atoms with Crippen molar-refractivity contribution in [3.05, 3.63) is 39.3 Å². The maximum Gasteiger partial charge on any atom is 0.273 e. The van der Waals surface area contributed by atoms with Crippen LogP contribution in [0.25, 0.3) is 10.6 Å². The van der Waals surface area contributed by atoms with Crippen molar-refractivity contribution in [1.82, 2.24) is 15.2 Å². The number of nitrogens with zero attached hydrogens (tertiary/aromatic N) is 2. The molecule has 2 aliphatic heterocycles. The predicted molar refractivity (Wildman–Crippen MR) is 110 cm³/mol. The summed E-state index contributed by atoms with van der Waals surface area (Å²) in [7, 11) is 0. The molecule has 2 aromatic rings. The highest BCUT2D eigenvalue weighted by Gasteiger charge is 2.32. The quantitative estimate of drug-likeness (QED) is 0.753. The van der Waals surface area contributed by atoms with E-state index in [-0.39, 0.29) is 18.3 Å². The van der Waals surface area contributed by atoms with Gasteiger partial charge in [-0.15, -0.1) is 23.7 Å². The van der Waals surface area contributed by atoms with Crippen LogP contribution in [0.2, 0.25) is 10.0 Å². The first kappa shape index (κ1) is 19.9. The normalized spacial score (nSPS) is 22.5. The molecule has 2 saturated heterocycles. The number of fused-ring (bicyclic) bond motifs is 1. The third-order valence-corrected chi connectivity index (χ3v) is 6.83. The van der Waals surface area contributed by atoms with E-state index >= 15 is 0 Å². The van der Waals surface area contributed by atoms with Crippen molar-refractivity contribution < 1.29 is 4.79 Å². The molecule has 2 aliphatic rings. The Kier molecular flexibility index (Phi) is 6.46. The van der Waals surface area contributed by atoms with Crippen molar-refractivity contribution >= 4 is 52.9 Å². The number of benzene rings is 1. The van der Waals surface area contributed by atoms with Gasteiger partial charge >= 0.3 is 0 Å². The molecule has 0 aliphatic carbocycles. The smallest absolute Gasteiger partial charge is 0.273 e. The largest absolute Gasteiger partial charge is 0.337 e. The molecule has 0 bridgehead atoms. The molecule has 0 spiro atoms. The minimum absolute atomic E-state index is 0. The minimum Gasteiger partial charge on any atom is -0.337 e. The number of rotatable bonds is 2. The zero-order valence-corrected chi connectivity index (χ0v) is 17.2. The van der Waals surface area contributed by atoms with Crippen molar-refractivity contribution in [2.45, 2.75) is 12.8 Å². The van der Waals surface area contributed by atoms with Crippen molar-refractivity contribution in [2.75, 3.05) is 26.2 Å². The van der Waals surface area contributed by atoms with Crippen LogP contribution < -0.4 is 5.32 Å². The van der Waals surface area contributed by atoms with Crippen LogP contribution >= 0.6 is 46.9 Å². The summed E-state index contributed by atoms with van der Waals surface area (Å²) in [5.74, 6) is 1.45. The van der Waals surface area contributed by atoms with Crippen LogP contribution in [0.5, 0.6) is 0 Å². The molecule has 140 valence electrons. The van der Waals surface area contributed by atoms with Gasteiger partial charge in [-0.1, -0.05) is 29.3 Å². The number of nitrogens with one attached hydrogen (secondary N) is 1. The Balaban J connectivity index is 0.00000196. The van der Waals surface area contributed by atoms with Crippen LogP contribution in [0.4, 0.5) is 0 Å².